The summed E-state index contributed by atoms with van der Waals surface area (Å²) >= 11 is 1.79. The first-order valence-electron chi connectivity index (χ1n) is 6.79. The molecule has 112 valence electrons. The van der Waals surface area contributed by atoms with Crippen molar-refractivity contribution in [2.45, 2.75) is 26.3 Å². The van der Waals surface area contributed by atoms with Crippen molar-refractivity contribution in [2.75, 3.05) is 18.2 Å². The van der Waals surface area contributed by atoms with Gasteiger partial charge in [0, 0.05) is 33.6 Å². The molecule has 1 unspecified atom stereocenters. The Bertz CT molecular complexity index is 637. The van der Waals surface area contributed by atoms with E-state index in [4.69, 9.17) is 10.5 Å². The maximum Gasteiger partial charge on any atom is 0.340 e. The first-order chi connectivity index (χ1) is 9.99. The highest BCUT2D eigenvalue weighted by molar-refractivity contribution is 7.11. The van der Waals surface area contributed by atoms with E-state index in [0.29, 0.717) is 11.3 Å². The fourth-order valence-electron chi connectivity index (χ4n) is 2.18. The average molecular weight is 304 g/mol. The highest BCUT2D eigenvalue weighted by Crippen LogP contribution is 2.23. The number of nitrogens with two attached hydrogens (primary N) is 1. The van der Waals surface area contributed by atoms with Crippen LogP contribution in [0.15, 0.2) is 30.3 Å². The lowest BCUT2D eigenvalue weighted by Gasteiger charge is -2.17. The van der Waals surface area contributed by atoms with Crippen molar-refractivity contribution >= 4 is 28.7 Å². The Morgan fingerprint density at radius 3 is 2.76 bits per heavy atom. The summed E-state index contributed by atoms with van der Waals surface area (Å²) in [6.45, 7) is 4.19. The fourth-order valence-corrected chi connectivity index (χ4v) is 3.20. The normalized spacial score (nSPS) is 12.0. The molecule has 1 aromatic heterocycles. The number of rotatable bonds is 5. The van der Waals surface area contributed by atoms with Crippen molar-refractivity contribution in [2.24, 2.45) is 0 Å². The molecule has 1 atom stereocenters. The Morgan fingerprint density at radius 1 is 1.38 bits per heavy atom. The molecule has 0 saturated heterocycles. The van der Waals surface area contributed by atoms with E-state index in [-0.39, 0.29) is 12.0 Å². The van der Waals surface area contributed by atoms with Crippen molar-refractivity contribution in [1.82, 2.24) is 0 Å². The highest BCUT2D eigenvalue weighted by atomic mass is 32.1. The van der Waals surface area contributed by atoms with E-state index in [9.17, 15) is 4.79 Å². The van der Waals surface area contributed by atoms with E-state index in [1.165, 1.54) is 16.9 Å². The number of methoxy groups -OCH3 is 1. The van der Waals surface area contributed by atoms with Crippen LogP contribution in [0.4, 0.5) is 11.4 Å². The molecular weight excluding hydrogens is 284 g/mol. The predicted molar refractivity (Wildman–Crippen MR) is 88.0 cm³/mol. The zero-order valence-electron chi connectivity index (χ0n) is 12.5. The second-order valence-corrected chi connectivity index (χ2v) is 6.43. The number of nitrogens with one attached hydrogen (secondary N) is 1. The lowest BCUT2D eigenvalue weighted by molar-refractivity contribution is 0.0602. The predicted octanol–water partition coefficient (Wildman–Crippen LogP) is 3.47. The van der Waals surface area contributed by atoms with E-state index in [2.05, 4.69) is 31.3 Å². The van der Waals surface area contributed by atoms with Crippen LogP contribution in [0.25, 0.3) is 0 Å². The summed E-state index contributed by atoms with van der Waals surface area (Å²) in [6, 6.07) is 9.69. The minimum Gasteiger partial charge on any atom is -0.465 e. The summed E-state index contributed by atoms with van der Waals surface area (Å²) in [5.74, 6) is -0.385. The molecule has 0 aliphatic carbocycles. The number of aryl methyl sites for hydroxylation is 1. The zero-order chi connectivity index (χ0) is 15.4. The summed E-state index contributed by atoms with van der Waals surface area (Å²) in [4.78, 5) is 14.4. The first-order valence-corrected chi connectivity index (χ1v) is 7.61. The number of thiophene rings is 1. The number of nitrogen functional groups attached to an aromatic ring is 1. The number of hydrogen-bond donors (Lipinski definition) is 2. The Hall–Kier alpha value is -2.01. The molecule has 1 heterocycles. The van der Waals surface area contributed by atoms with Crippen molar-refractivity contribution in [3.8, 4) is 0 Å². The number of anilines is 2. The molecule has 0 fully saturated rings. The fraction of sp³-hybridized carbons (Fsp3) is 0.312. The third-order valence-corrected chi connectivity index (χ3v) is 4.18. The molecule has 2 aromatic rings. The first kappa shape index (κ1) is 15.4. The molecule has 0 amide bonds. The van der Waals surface area contributed by atoms with Gasteiger partial charge in [-0.25, -0.2) is 4.79 Å². The molecular formula is C16H20N2O2S. The van der Waals surface area contributed by atoms with Crippen LogP contribution in [0.5, 0.6) is 0 Å². The van der Waals surface area contributed by atoms with Crippen LogP contribution in [-0.4, -0.2) is 19.1 Å². The third-order valence-electron chi connectivity index (χ3n) is 3.15. The van der Waals surface area contributed by atoms with Gasteiger partial charge in [-0.05, 0) is 44.2 Å². The van der Waals surface area contributed by atoms with Gasteiger partial charge in [-0.15, -0.1) is 11.3 Å². The van der Waals surface area contributed by atoms with Crippen LogP contribution in [0.2, 0.25) is 0 Å². The standard InChI is InChI=1S/C16H20N2O2S/c1-10(8-13-6-4-11(2)21-13)18-15-7-5-12(17)9-14(15)16(19)20-3/h4-7,9-10,18H,8,17H2,1-3H3. The van der Waals surface area contributed by atoms with Crippen LogP contribution in [-0.2, 0) is 11.2 Å². The summed E-state index contributed by atoms with van der Waals surface area (Å²) in [7, 11) is 1.37. The lowest BCUT2D eigenvalue weighted by atomic mass is 10.1. The van der Waals surface area contributed by atoms with E-state index in [0.717, 1.165) is 12.1 Å². The number of hydrogen-bond acceptors (Lipinski definition) is 5. The highest BCUT2D eigenvalue weighted by Gasteiger charge is 2.14. The van der Waals surface area contributed by atoms with Gasteiger partial charge >= 0.3 is 5.97 Å². The molecule has 0 aliphatic heterocycles. The summed E-state index contributed by atoms with van der Waals surface area (Å²) in [6.07, 6.45) is 0.906. The van der Waals surface area contributed by atoms with E-state index in [1.807, 2.05) is 6.07 Å². The molecule has 4 nitrogen and oxygen atoms in total. The van der Waals surface area contributed by atoms with Crippen LogP contribution < -0.4 is 11.1 Å². The molecule has 3 N–H and O–H groups in total. The summed E-state index contributed by atoms with van der Waals surface area (Å²) in [5, 5.41) is 3.36. The van der Waals surface area contributed by atoms with Crippen molar-refractivity contribution in [3.05, 3.63) is 45.6 Å². The molecule has 0 saturated carbocycles. The van der Waals surface area contributed by atoms with Crippen molar-refractivity contribution in [3.63, 3.8) is 0 Å². The largest absolute Gasteiger partial charge is 0.465 e. The molecule has 2 rings (SSSR count). The van der Waals surface area contributed by atoms with Crippen molar-refractivity contribution < 1.29 is 9.53 Å². The third kappa shape index (κ3) is 3.98. The number of esters is 1. The van der Waals surface area contributed by atoms with Crippen LogP contribution in [0, 0.1) is 6.92 Å². The van der Waals surface area contributed by atoms with Crippen LogP contribution in [0.3, 0.4) is 0 Å². The average Bonchev–Trinajstić information content (AvgIpc) is 2.85. The molecule has 1 aromatic carbocycles. The zero-order valence-corrected chi connectivity index (χ0v) is 13.3. The summed E-state index contributed by atoms with van der Waals surface area (Å²) < 4.78 is 4.80. The van der Waals surface area contributed by atoms with Gasteiger partial charge in [0.1, 0.15) is 0 Å². The van der Waals surface area contributed by atoms with Gasteiger partial charge < -0.3 is 15.8 Å². The number of carbonyl (C=O) groups excluding carboxylic acids is 1. The number of benzene rings is 1. The topological polar surface area (TPSA) is 64.3 Å². The number of ether oxygens (including phenoxy) is 1. The van der Waals surface area contributed by atoms with Gasteiger partial charge in [0.15, 0.2) is 0 Å². The van der Waals surface area contributed by atoms with E-state index in [1.54, 1.807) is 23.5 Å². The Morgan fingerprint density at radius 2 is 2.14 bits per heavy atom. The minimum atomic E-state index is -0.385. The van der Waals surface area contributed by atoms with Crippen LogP contribution >= 0.6 is 11.3 Å². The Kier molecular flexibility index (Phi) is 4.85. The van der Waals surface area contributed by atoms with Gasteiger partial charge in [0.25, 0.3) is 0 Å². The minimum absolute atomic E-state index is 0.204. The molecule has 21 heavy (non-hydrogen) atoms. The SMILES string of the molecule is COC(=O)c1cc(N)ccc1NC(C)Cc1ccc(C)s1. The molecule has 5 heteroatoms. The van der Waals surface area contributed by atoms with E-state index >= 15 is 0 Å². The quantitative estimate of drug-likeness (QED) is 0.656. The Labute approximate surface area is 128 Å². The molecule has 0 spiro atoms. The smallest absolute Gasteiger partial charge is 0.340 e. The maximum atomic E-state index is 11.8. The lowest BCUT2D eigenvalue weighted by Crippen LogP contribution is -2.20. The second-order valence-electron chi connectivity index (χ2n) is 5.06. The van der Waals surface area contributed by atoms with Gasteiger partial charge in [-0.1, -0.05) is 0 Å². The molecule has 0 aliphatic rings. The molecule has 0 bridgehead atoms. The van der Waals surface area contributed by atoms with Gasteiger partial charge in [-0.2, -0.15) is 0 Å². The van der Waals surface area contributed by atoms with Gasteiger partial charge in [-0.3, -0.25) is 0 Å². The monoisotopic (exact) mass is 304 g/mol. The van der Waals surface area contributed by atoms with E-state index < -0.39 is 0 Å². The Balaban J connectivity index is 2.13. The maximum absolute atomic E-state index is 11.8. The van der Waals surface area contributed by atoms with Gasteiger partial charge in [0.2, 0.25) is 0 Å². The second kappa shape index (κ2) is 6.63. The number of carbonyl (C=O) groups is 1. The molecule has 0 radical (unpaired) electrons. The summed E-state index contributed by atoms with van der Waals surface area (Å²) in [5.41, 5.74) is 7.50. The van der Waals surface area contributed by atoms with Gasteiger partial charge in [0.05, 0.1) is 12.7 Å². The van der Waals surface area contributed by atoms with Crippen molar-refractivity contribution in [1.29, 1.82) is 0 Å². The van der Waals surface area contributed by atoms with Crippen LogP contribution in [0.1, 0.15) is 27.0 Å².